The van der Waals surface area contributed by atoms with E-state index < -0.39 is 0 Å². The number of nitrogens with zero attached hydrogens (tertiary/aromatic N) is 2. The van der Waals surface area contributed by atoms with Gasteiger partial charge in [0.15, 0.2) is 0 Å². The molecule has 2 aromatic carbocycles. The molecule has 24 heavy (non-hydrogen) atoms. The Balaban J connectivity index is 1.75. The molecule has 0 aliphatic heterocycles. The van der Waals surface area contributed by atoms with Gasteiger partial charge in [-0.1, -0.05) is 18.2 Å². The van der Waals surface area contributed by atoms with Gasteiger partial charge >= 0.3 is 0 Å². The van der Waals surface area contributed by atoms with Gasteiger partial charge in [-0.05, 0) is 42.3 Å². The molecule has 0 spiro atoms. The highest BCUT2D eigenvalue weighted by Gasteiger charge is 2.11. The quantitative estimate of drug-likeness (QED) is 0.708. The molecule has 0 atom stereocenters. The van der Waals surface area contributed by atoms with Crippen LogP contribution in [0, 0.1) is 4.91 Å². The van der Waals surface area contributed by atoms with Crippen LogP contribution >= 0.6 is 0 Å². The summed E-state index contributed by atoms with van der Waals surface area (Å²) in [5.41, 5.74) is 2.27. The van der Waals surface area contributed by atoms with E-state index in [4.69, 9.17) is 4.74 Å². The van der Waals surface area contributed by atoms with E-state index in [0.717, 1.165) is 16.5 Å². The lowest BCUT2D eigenvalue weighted by Crippen LogP contribution is -2.25. The largest absolute Gasteiger partial charge is 0.497 e. The molecule has 0 bridgehead atoms. The van der Waals surface area contributed by atoms with Gasteiger partial charge in [0.1, 0.15) is 5.75 Å². The third-order valence-corrected chi connectivity index (χ3v) is 3.88. The number of amides is 1. The molecule has 0 aliphatic rings. The number of nitrogens with one attached hydrogen (secondary N) is 1. The molecule has 1 aromatic heterocycles. The van der Waals surface area contributed by atoms with Crippen LogP contribution in [0.4, 0.5) is 0 Å². The molecule has 0 saturated carbocycles. The van der Waals surface area contributed by atoms with Crippen molar-refractivity contribution in [2.24, 2.45) is 5.29 Å². The van der Waals surface area contributed by atoms with Crippen molar-refractivity contribution in [3.8, 4) is 5.75 Å². The molecule has 1 amide bonds. The second-order valence-electron chi connectivity index (χ2n) is 5.34. The summed E-state index contributed by atoms with van der Waals surface area (Å²) < 4.78 is 6.53. The van der Waals surface area contributed by atoms with Gasteiger partial charge in [0.25, 0.3) is 5.91 Å². The van der Waals surface area contributed by atoms with E-state index in [1.807, 2.05) is 24.3 Å². The van der Waals surface area contributed by atoms with Gasteiger partial charge in [-0.25, -0.2) is 4.68 Å². The first kappa shape index (κ1) is 15.7. The van der Waals surface area contributed by atoms with E-state index in [1.54, 1.807) is 37.6 Å². The molecule has 6 heteroatoms. The van der Waals surface area contributed by atoms with Crippen LogP contribution in [0.25, 0.3) is 10.9 Å². The van der Waals surface area contributed by atoms with Crippen LogP contribution in [-0.2, 0) is 6.42 Å². The average Bonchev–Trinajstić information content (AvgIpc) is 2.99. The molecule has 6 nitrogen and oxygen atoms in total. The Morgan fingerprint density at radius 2 is 2.00 bits per heavy atom. The third kappa shape index (κ3) is 3.12. The maximum atomic E-state index is 12.1. The van der Waals surface area contributed by atoms with Gasteiger partial charge in [0, 0.05) is 23.7 Å². The van der Waals surface area contributed by atoms with Crippen molar-refractivity contribution in [1.82, 2.24) is 9.99 Å². The lowest BCUT2D eigenvalue weighted by molar-refractivity contribution is 0.0954. The van der Waals surface area contributed by atoms with Crippen LogP contribution in [0.5, 0.6) is 5.75 Å². The fraction of sp³-hybridized carbons (Fsp3) is 0.167. The molecule has 0 saturated heterocycles. The van der Waals surface area contributed by atoms with E-state index in [9.17, 15) is 9.70 Å². The van der Waals surface area contributed by atoms with Crippen molar-refractivity contribution in [3.05, 3.63) is 70.8 Å². The van der Waals surface area contributed by atoms with Crippen LogP contribution in [-0.4, -0.2) is 24.2 Å². The summed E-state index contributed by atoms with van der Waals surface area (Å²) in [4.78, 5) is 23.0. The smallest absolute Gasteiger partial charge is 0.251 e. The van der Waals surface area contributed by atoms with Crippen molar-refractivity contribution < 1.29 is 9.53 Å². The van der Waals surface area contributed by atoms with Gasteiger partial charge < -0.3 is 10.1 Å². The monoisotopic (exact) mass is 323 g/mol. The number of methoxy groups -OCH3 is 1. The second kappa shape index (κ2) is 6.95. The van der Waals surface area contributed by atoms with Crippen molar-refractivity contribution in [2.75, 3.05) is 13.7 Å². The van der Waals surface area contributed by atoms with Gasteiger partial charge in [-0.15, -0.1) is 4.91 Å². The van der Waals surface area contributed by atoms with Crippen LogP contribution in [0.1, 0.15) is 15.9 Å². The highest BCUT2D eigenvalue weighted by molar-refractivity contribution is 5.94. The molecule has 3 aromatic rings. The Hall–Kier alpha value is -3.15. The number of carbonyl (C=O) groups excluding carboxylic acids is 1. The number of carbonyl (C=O) groups is 1. The average molecular weight is 323 g/mol. The molecule has 122 valence electrons. The number of rotatable bonds is 6. The molecule has 1 heterocycles. The van der Waals surface area contributed by atoms with Crippen LogP contribution < -0.4 is 10.1 Å². The zero-order chi connectivity index (χ0) is 16.9. The molecule has 1 N–H and O–H groups in total. The Labute approximate surface area is 139 Å². The predicted octanol–water partition coefficient (Wildman–Crippen LogP) is 3.15. The minimum atomic E-state index is -0.120. The van der Waals surface area contributed by atoms with Crippen molar-refractivity contribution in [3.63, 3.8) is 0 Å². The Bertz CT molecular complexity index is 872. The maximum Gasteiger partial charge on any atom is 0.251 e. The second-order valence-corrected chi connectivity index (χ2v) is 5.34. The summed E-state index contributed by atoms with van der Waals surface area (Å²) in [6, 6.07) is 14.5. The molecular weight excluding hydrogens is 306 g/mol. The number of ether oxygens (including phenoxy) is 1. The molecule has 0 fully saturated rings. The summed E-state index contributed by atoms with van der Waals surface area (Å²) >= 11 is 0. The standard InChI is InChI=1S/C18H17N3O3/c1-24-15-7-8-17-16(11-15)14(12-21(17)20-23)9-10-19-18(22)13-5-3-2-4-6-13/h2-8,11-12H,9-10H2,1H3,(H,19,22). The number of fused-ring (bicyclic) bond motifs is 1. The number of nitroso groups, excluding NO2 is 1. The summed E-state index contributed by atoms with van der Waals surface area (Å²) in [6.45, 7) is 0.461. The van der Waals surface area contributed by atoms with Crippen LogP contribution in [0.15, 0.2) is 60.0 Å². The SMILES string of the molecule is COc1ccc2c(c1)c(CCNC(=O)c1ccccc1)cn2N=O. The lowest BCUT2D eigenvalue weighted by atomic mass is 10.1. The highest BCUT2D eigenvalue weighted by atomic mass is 16.5. The minimum absolute atomic E-state index is 0.120. The first-order chi connectivity index (χ1) is 11.7. The molecular formula is C18H17N3O3. The molecule has 0 radical (unpaired) electrons. The first-order valence-electron chi connectivity index (χ1n) is 7.58. The molecule has 3 rings (SSSR count). The third-order valence-electron chi connectivity index (χ3n) is 3.88. The normalized spacial score (nSPS) is 10.5. The minimum Gasteiger partial charge on any atom is -0.497 e. The number of benzene rings is 2. The van der Waals surface area contributed by atoms with Gasteiger partial charge in [-0.3, -0.25) is 4.79 Å². The van der Waals surface area contributed by atoms with E-state index in [-0.39, 0.29) is 5.91 Å². The lowest BCUT2D eigenvalue weighted by Gasteiger charge is -2.05. The zero-order valence-electron chi connectivity index (χ0n) is 13.2. The molecule has 0 aliphatic carbocycles. The van der Waals surface area contributed by atoms with E-state index in [0.29, 0.717) is 24.3 Å². The number of hydrogen-bond acceptors (Lipinski definition) is 4. The van der Waals surface area contributed by atoms with Crippen molar-refractivity contribution in [2.45, 2.75) is 6.42 Å². The van der Waals surface area contributed by atoms with Gasteiger partial charge in [-0.2, -0.15) is 0 Å². The highest BCUT2D eigenvalue weighted by Crippen LogP contribution is 2.26. The zero-order valence-corrected chi connectivity index (χ0v) is 13.2. The van der Waals surface area contributed by atoms with Crippen molar-refractivity contribution in [1.29, 1.82) is 0 Å². The fourth-order valence-electron chi connectivity index (χ4n) is 2.65. The van der Waals surface area contributed by atoms with E-state index in [1.165, 1.54) is 4.68 Å². The maximum absolute atomic E-state index is 12.1. The topological polar surface area (TPSA) is 72.7 Å². The first-order valence-corrected chi connectivity index (χ1v) is 7.58. The van der Waals surface area contributed by atoms with Crippen LogP contribution in [0.2, 0.25) is 0 Å². The number of aromatic nitrogens is 1. The summed E-state index contributed by atoms with van der Waals surface area (Å²) in [6.07, 6.45) is 2.27. The Morgan fingerprint density at radius 3 is 2.71 bits per heavy atom. The van der Waals surface area contributed by atoms with Gasteiger partial charge in [0.05, 0.1) is 17.9 Å². The number of hydrogen-bond donors (Lipinski definition) is 1. The summed E-state index contributed by atoms with van der Waals surface area (Å²) in [5, 5.41) is 6.78. The fourth-order valence-corrected chi connectivity index (χ4v) is 2.65. The Kier molecular flexibility index (Phi) is 4.56. The van der Waals surface area contributed by atoms with Crippen molar-refractivity contribution >= 4 is 16.8 Å². The van der Waals surface area contributed by atoms with Crippen LogP contribution in [0.3, 0.4) is 0 Å². The predicted molar refractivity (Wildman–Crippen MR) is 92.2 cm³/mol. The van der Waals surface area contributed by atoms with E-state index >= 15 is 0 Å². The van der Waals surface area contributed by atoms with Gasteiger partial charge in [0.2, 0.25) is 0 Å². The summed E-state index contributed by atoms with van der Waals surface area (Å²) in [5.74, 6) is 0.589. The van der Waals surface area contributed by atoms with E-state index in [2.05, 4.69) is 10.6 Å². The molecule has 0 unspecified atom stereocenters. The Morgan fingerprint density at radius 1 is 1.21 bits per heavy atom. The summed E-state index contributed by atoms with van der Waals surface area (Å²) in [7, 11) is 1.59.